The molecule has 1 aromatic rings. The molecule has 0 aliphatic carbocycles. The Labute approximate surface area is 311 Å². The zero-order chi connectivity index (χ0) is 40.4. The third-order valence-electron chi connectivity index (χ3n) is 8.32. The van der Waals surface area contributed by atoms with Crippen molar-refractivity contribution in [2.45, 2.75) is 103 Å². The number of carboxylic acid groups (broad SMARTS) is 1. The summed E-state index contributed by atoms with van der Waals surface area (Å²) in [5.41, 5.74) is 11.9. The first-order valence-corrected chi connectivity index (χ1v) is 17.8. The van der Waals surface area contributed by atoms with Crippen LogP contribution in [0.2, 0.25) is 0 Å². The number of hydrogen-bond donors (Lipinski definition) is 9. The van der Waals surface area contributed by atoms with Crippen molar-refractivity contribution >= 4 is 41.4 Å². The molecule has 0 heterocycles. The lowest BCUT2D eigenvalue weighted by Crippen LogP contribution is -2.60. The van der Waals surface area contributed by atoms with Crippen LogP contribution in [-0.2, 0) is 40.0 Å². The quantitative estimate of drug-likeness (QED) is 0.0594. The molecule has 0 saturated carbocycles. The predicted octanol–water partition coefficient (Wildman–Crippen LogP) is -1.39. The lowest BCUT2D eigenvalue weighted by Gasteiger charge is -2.31. The first-order chi connectivity index (χ1) is 24.7. The van der Waals surface area contributed by atoms with E-state index in [2.05, 4.69) is 26.6 Å². The molecule has 1 rings (SSSR count). The summed E-state index contributed by atoms with van der Waals surface area (Å²) in [5.74, 6) is -5.62. The number of primary amides is 1. The maximum atomic E-state index is 13.7. The second-order valence-corrected chi connectivity index (χ2v) is 14.5. The second-order valence-electron chi connectivity index (χ2n) is 14.5. The lowest BCUT2D eigenvalue weighted by molar-refractivity contribution is -0.140. The van der Waals surface area contributed by atoms with Gasteiger partial charge in [-0.05, 0) is 43.2 Å². The molecule has 0 spiro atoms. The fraction of sp³-hybridized carbons (Fsp3) is 0.639. The van der Waals surface area contributed by atoms with Crippen molar-refractivity contribution in [2.75, 3.05) is 26.7 Å². The molecule has 0 aliphatic rings. The van der Waals surface area contributed by atoms with Gasteiger partial charge < -0.3 is 48.3 Å². The van der Waals surface area contributed by atoms with Crippen molar-refractivity contribution in [3.05, 3.63) is 35.9 Å². The van der Waals surface area contributed by atoms with Crippen LogP contribution in [0, 0.1) is 17.8 Å². The second kappa shape index (κ2) is 23.1. The van der Waals surface area contributed by atoms with Gasteiger partial charge in [-0.3, -0.25) is 38.5 Å². The molecule has 0 aliphatic heterocycles. The third kappa shape index (κ3) is 17.6. The molecule has 17 heteroatoms. The largest absolute Gasteiger partial charge is 0.481 e. The first kappa shape index (κ1) is 46.4. The number of carbonyl (C=O) groups excluding carboxylic acids is 6. The van der Waals surface area contributed by atoms with Gasteiger partial charge in [0.05, 0.1) is 31.7 Å². The maximum Gasteiger partial charge on any atom is 0.305 e. The first-order valence-electron chi connectivity index (χ1n) is 17.8. The molecular formula is C36H60N8O9. The van der Waals surface area contributed by atoms with E-state index in [9.17, 15) is 38.7 Å². The van der Waals surface area contributed by atoms with E-state index in [1.807, 2.05) is 32.6 Å². The summed E-state index contributed by atoms with van der Waals surface area (Å²) in [7, 11) is 1.78. The molecule has 11 N–H and O–H groups in total. The summed E-state index contributed by atoms with van der Waals surface area (Å²) >= 11 is 0. The van der Waals surface area contributed by atoms with Crippen molar-refractivity contribution in [1.29, 1.82) is 0 Å². The van der Waals surface area contributed by atoms with Crippen LogP contribution in [0.15, 0.2) is 30.3 Å². The molecule has 6 atom stereocenters. The molecule has 0 unspecified atom stereocenters. The van der Waals surface area contributed by atoms with E-state index >= 15 is 0 Å². The predicted molar refractivity (Wildman–Crippen MR) is 198 cm³/mol. The van der Waals surface area contributed by atoms with Gasteiger partial charge in [-0.25, -0.2) is 0 Å². The molecule has 0 bridgehead atoms. The molecule has 53 heavy (non-hydrogen) atoms. The minimum absolute atomic E-state index is 0.0304. The van der Waals surface area contributed by atoms with E-state index in [-0.39, 0.29) is 24.3 Å². The Morgan fingerprint density at radius 3 is 1.85 bits per heavy atom. The molecule has 0 radical (unpaired) electrons. The number of likely N-dealkylation sites (N-methyl/N-ethyl adjacent to an activating group) is 1. The number of nitrogens with two attached hydrogens (primary N) is 2. The summed E-state index contributed by atoms with van der Waals surface area (Å²) in [6, 6.07) is 2.34. The highest BCUT2D eigenvalue weighted by Crippen LogP contribution is 2.13. The van der Waals surface area contributed by atoms with Crippen LogP contribution in [0.4, 0.5) is 0 Å². The van der Waals surface area contributed by atoms with E-state index in [0.29, 0.717) is 24.9 Å². The highest BCUT2D eigenvalue weighted by Gasteiger charge is 2.32. The van der Waals surface area contributed by atoms with Gasteiger partial charge in [0.15, 0.2) is 0 Å². The summed E-state index contributed by atoms with van der Waals surface area (Å²) in [5, 5.41) is 31.6. The van der Waals surface area contributed by atoms with Crippen LogP contribution in [0.5, 0.6) is 0 Å². The van der Waals surface area contributed by atoms with Gasteiger partial charge >= 0.3 is 5.97 Å². The van der Waals surface area contributed by atoms with Crippen molar-refractivity contribution < 1.29 is 43.8 Å². The van der Waals surface area contributed by atoms with E-state index in [1.54, 1.807) is 51.2 Å². The van der Waals surface area contributed by atoms with Crippen LogP contribution in [0.1, 0.15) is 66.4 Å². The molecule has 1 aromatic carbocycles. The minimum Gasteiger partial charge on any atom is -0.481 e. The number of nitrogens with zero attached hydrogens (tertiary/aromatic N) is 1. The highest BCUT2D eigenvalue weighted by molar-refractivity contribution is 5.96. The zero-order valence-corrected chi connectivity index (χ0v) is 31.9. The number of benzene rings is 1. The van der Waals surface area contributed by atoms with Gasteiger partial charge in [0.2, 0.25) is 35.4 Å². The number of hydrogen-bond acceptors (Lipinski definition) is 10. The van der Waals surface area contributed by atoms with Crippen molar-refractivity contribution in [3.63, 3.8) is 0 Å². The average molecular weight is 749 g/mol. The average Bonchev–Trinajstić information content (AvgIpc) is 3.06. The Bertz CT molecular complexity index is 1380. The van der Waals surface area contributed by atoms with Gasteiger partial charge in [-0.15, -0.1) is 0 Å². The highest BCUT2D eigenvalue weighted by atomic mass is 16.4. The summed E-state index contributed by atoms with van der Waals surface area (Å²) in [6.45, 7) is 10.4. The Morgan fingerprint density at radius 1 is 0.774 bits per heavy atom. The number of nitrogens with one attached hydrogen (secondary N) is 5. The summed E-state index contributed by atoms with van der Waals surface area (Å²) < 4.78 is 0. The monoisotopic (exact) mass is 748 g/mol. The number of aliphatic hydroxyl groups excluding tert-OH is 1. The van der Waals surface area contributed by atoms with E-state index < -0.39 is 97.1 Å². The Kier molecular flexibility index (Phi) is 20.3. The lowest BCUT2D eigenvalue weighted by atomic mass is 9.99. The van der Waals surface area contributed by atoms with Gasteiger partial charge in [0, 0.05) is 19.0 Å². The Morgan fingerprint density at radius 2 is 1.34 bits per heavy atom. The molecule has 6 amide bonds. The number of carbonyl (C=O) groups is 7. The third-order valence-corrected chi connectivity index (χ3v) is 8.32. The molecule has 0 aromatic heterocycles. The Balaban J connectivity index is 3.07. The fourth-order valence-electron chi connectivity index (χ4n) is 5.61. The molecule has 0 saturated heterocycles. The number of rotatable bonds is 24. The molecule has 298 valence electrons. The topological polar surface area (TPSA) is 275 Å². The van der Waals surface area contributed by atoms with Crippen molar-refractivity contribution in [3.8, 4) is 0 Å². The van der Waals surface area contributed by atoms with E-state index in [1.165, 1.54) is 0 Å². The van der Waals surface area contributed by atoms with Gasteiger partial charge in [-0.1, -0.05) is 71.9 Å². The van der Waals surface area contributed by atoms with Crippen LogP contribution in [-0.4, -0.2) is 120 Å². The maximum absolute atomic E-state index is 13.7. The minimum atomic E-state index is -1.56. The van der Waals surface area contributed by atoms with Crippen molar-refractivity contribution in [1.82, 2.24) is 31.5 Å². The summed E-state index contributed by atoms with van der Waals surface area (Å²) in [4.78, 5) is 90.5. The van der Waals surface area contributed by atoms with Gasteiger partial charge in [-0.2, -0.15) is 0 Å². The smallest absolute Gasteiger partial charge is 0.305 e. The van der Waals surface area contributed by atoms with Crippen LogP contribution in [0.25, 0.3) is 0 Å². The summed E-state index contributed by atoms with van der Waals surface area (Å²) in [6.07, 6.45) is 0.421. The molecular weight excluding hydrogens is 688 g/mol. The standard InChI is InChI=1S/C36H60N8O9/c1-20(2)13-24(18-44(7)28(32(38)49)14-21(3)4)40-29(46)17-39-36(53)31(22(5)6)43-34(51)26(15-23-11-9-8-10-12-23)41-35(52)27(19-45)42-33(50)25(37)16-30(47)48/h8-12,20-22,24-28,31,45H,13-19,37H2,1-7H3,(H2,38,49)(H,39,53)(H,40,46)(H,41,52)(H,42,50)(H,43,51)(H,47,48)/t24-,25-,26-,27-,28-,31-/m0/s1. The van der Waals surface area contributed by atoms with Crippen LogP contribution in [0.3, 0.4) is 0 Å². The fourth-order valence-corrected chi connectivity index (χ4v) is 5.61. The van der Waals surface area contributed by atoms with Crippen molar-refractivity contribution in [2.24, 2.45) is 29.2 Å². The number of aliphatic hydroxyl groups is 1. The zero-order valence-electron chi connectivity index (χ0n) is 31.9. The molecule has 17 nitrogen and oxygen atoms in total. The van der Waals surface area contributed by atoms with Gasteiger partial charge in [0.1, 0.15) is 18.1 Å². The SMILES string of the molecule is CC(C)C[C@@H](CN(C)[C@@H](CC(C)C)C(N)=O)NC(=O)CNC(=O)[C@@H](NC(=O)[C@H](Cc1ccccc1)NC(=O)[C@H](CO)NC(=O)[C@@H](N)CC(=O)O)C(C)C. The normalized spacial score (nSPS) is 14.8. The van der Waals surface area contributed by atoms with Gasteiger partial charge in [0.25, 0.3) is 0 Å². The van der Waals surface area contributed by atoms with Crippen LogP contribution < -0.4 is 38.1 Å². The van der Waals surface area contributed by atoms with E-state index in [4.69, 9.17) is 16.6 Å². The van der Waals surface area contributed by atoms with Crippen LogP contribution >= 0.6 is 0 Å². The number of carboxylic acids is 1. The number of amides is 6. The number of aliphatic carboxylic acids is 1. The molecule has 0 fully saturated rings. The Hall–Kier alpha value is -4.61. The van der Waals surface area contributed by atoms with E-state index in [0.717, 1.165) is 0 Å².